The molecule has 25 heavy (non-hydrogen) atoms. The van der Waals surface area contributed by atoms with Gasteiger partial charge in [0.2, 0.25) is 0 Å². The van der Waals surface area contributed by atoms with Crippen LogP contribution in [0.3, 0.4) is 0 Å². The Labute approximate surface area is 154 Å². The molecule has 0 aliphatic carbocycles. The molecule has 2 heterocycles. The molecule has 10 heteroatoms. The lowest BCUT2D eigenvalue weighted by Crippen LogP contribution is -2.30. The van der Waals surface area contributed by atoms with E-state index >= 15 is 0 Å². The summed E-state index contributed by atoms with van der Waals surface area (Å²) in [6.45, 7) is 0.0728. The van der Waals surface area contributed by atoms with Gasteiger partial charge in [-0.2, -0.15) is 0 Å². The van der Waals surface area contributed by atoms with Crippen molar-refractivity contribution in [3.05, 3.63) is 54.9 Å². The molecule has 0 unspecified atom stereocenters. The van der Waals surface area contributed by atoms with Gasteiger partial charge in [0.1, 0.15) is 18.5 Å². The Balaban J connectivity index is 1.81. The molecule has 3 rings (SSSR count). The Kier molecular flexibility index (Phi) is 4.98. The van der Waals surface area contributed by atoms with Crippen molar-refractivity contribution < 1.29 is 9.84 Å². The smallest absolute Gasteiger partial charge is 0.329 e. The number of benzene rings is 1. The van der Waals surface area contributed by atoms with Gasteiger partial charge in [-0.3, -0.25) is 14.3 Å². The second-order valence-corrected chi connectivity index (χ2v) is 6.55. The number of halogens is 2. The number of aromatic amines is 1. The van der Waals surface area contributed by atoms with Gasteiger partial charge in [0.15, 0.2) is 15.9 Å². The van der Waals surface area contributed by atoms with Gasteiger partial charge in [0.05, 0.1) is 6.54 Å². The highest BCUT2D eigenvalue weighted by Gasteiger charge is 2.18. The highest BCUT2D eigenvalue weighted by Crippen LogP contribution is 2.18. The third kappa shape index (κ3) is 3.63. The molecule has 3 aromatic rings. The SMILES string of the molecule is Cn1c(=O)[nH]c(=O)c2c1nc(Br)n2C[C@H](O)COc1ccc(Cl)cc1. The van der Waals surface area contributed by atoms with Gasteiger partial charge in [-0.1, -0.05) is 11.6 Å². The molecule has 0 fully saturated rings. The van der Waals surface area contributed by atoms with Gasteiger partial charge in [0.25, 0.3) is 5.56 Å². The van der Waals surface area contributed by atoms with E-state index in [1.54, 1.807) is 24.3 Å². The van der Waals surface area contributed by atoms with Crippen molar-refractivity contribution in [2.75, 3.05) is 6.61 Å². The number of nitrogens with zero attached hydrogens (tertiary/aromatic N) is 3. The number of hydrogen-bond acceptors (Lipinski definition) is 5. The third-order valence-corrected chi connectivity index (χ3v) is 4.47. The standard InChI is InChI=1S/C15H14BrClN4O4/c1-20-12-11(13(23)19-15(20)24)21(14(16)18-12)6-9(22)7-25-10-4-2-8(17)3-5-10/h2-5,9,22H,6-7H2,1H3,(H,19,23,24)/t9-/m0/s1. The van der Waals surface area contributed by atoms with Crippen LogP contribution in [0.1, 0.15) is 0 Å². The molecule has 0 amide bonds. The first-order chi connectivity index (χ1) is 11.9. The number of rotatable bonds is 5. The number of H-pyrrole nitrogens is 1. The third-order valence-electron chi connectivity index (χ3n) is 3.61. The van der Waals surface area contributed by atoms with Crippen LogP contribution < -0.4 is 16.0 Å². The van der Waals surface area contributed by atoms with Crippen LogP contribution in [0, 0.1) is 0 Å². The number of fused-ring (bicyclic) bond motifs is 1. The second-order valence-electron chi connectivity index (χ2n) is 5.40. The summed E-state index contributed by atoms with van der Waals surface area (Å²) in [7, 11) is 1.50. The molecule has 0 radical (unpaired) electrons. The van der Waals surface area contributed by atoms with Crippen molar-refractivity contribution in [2.45, 2.75) is 12.6 Å². The Bertz CT molecular complexity index is 1020. The molecule has 132 valence electrons. The van der Waals surface area contributed by atoms with Crippen LogP contribution in [0.5, 0.6) is 5.75 Å². The highest BCUT2D eigenvalue weighted by atomic mass is 79.9. The molecule has 1 atom stereocenters. The number of aryl methyl sites for hydroxylation is 1. The molecule has 0 aliphatic heterocycles. The van der Waals surface area contributed by atoms with Crippen molar-refractivity contribution in [2.24, 2.45) is 7.05 Å². The van der Waals surface area contributed by atoms with Gasteiger partial charge in [-0.05, 0) is 40.2 Å². The molecule has 0 saturated carbocycles. The molecule has 0 spiro atoms. The first-order valence-electron chi connectivity index (χ1n) is 7.28. The average Bonchev–Trinajstić information content (AvgIpc) is 2.89. The lowest BCUT2D eigenvalue weighted by Gasteiger charge is -2.14. The Morgan fingerprint density at radius 2 is 2.04 bits per heavy atom. The number of hydrogen-bond donors (Lipinski definition) is 2. The van der Waals surface area contributed by atoms with E-state index in [1.165, 1.54) is 16.2 Å². The fraction of sp³-hybridized carbons (Fsp3) is 0.267. The molecule has 2 aromatic heterocycles. The van der Waals surface area contributed by atoms with E-state index in [0.29, 0.717) is 15.5 Å². The largest absolute Gasteiger partial charge is 0.491 e. The fourth-order valence-corrected chi connectivity index (χ4v) is 2.98. The first-order valence-corrected chi connectivity index (χ1v) is 8.45. The number of imidazole rings is 1. The Morgan fingerprint density at radius 1 is 1.36 bits per heavy atom. The maximum absolute atomic E-state index is 12.1. The molecule has 2 N–H and O–H groups in total. The monoisotopic (exact) mass is 428 g/mol. The van der Waals surface area contributed by atoms with Crippen molar-refractivity contribution in [1.29, 1.82) is 0 Å². The average molecular weight is 430 g/mol. The summed E-state index contributed by atoms with van der Waals surface area (Å²) >= 11 is 9.06. The maximum Gasteiger partial charge on any atom is 0.329 e. The zero-order valence-electron chi connectivity index (χ0n) is 13.1. The second kappa shape index (κ2) is 7.03. The molecule has 0 bridgehead atoms. The van der Waals surface area contributed by atoms with Crippen molar-refractivity contribution in [1.82, 2.24) is 19.1 Å². The van der Waals surface area contributed by atoms with E-state index in [2.05, 4.69) is 25.9 Å². The zero-order valence-corrected chi connectivity index (χ0v) is 15.4. The van der Waals surface area contributed by atoms with Gasteiger partial charge in [-0.15, -0.1) is 0 Å². The van der Waals surface area contributed by atoms with Crippen LogP contribution in [0.15, 0.2) is 38.6 Å². The van der Waals surface area contributed by atoms with Gasteiger partial charge >= 0.3 is 5.69 Å². The number of ether oxygens (including phenoxy) is 1. The summed E-state index contributed by atoms with van der Waals surface area (Å²) < 4.78 is 8.55. The molecule has 0 aliphatic rings. The van der Waals surface area contributed by atoms with Crippen LogP contribution in [-0.4, -0.2) is 36.9 Å². The molecule has 1 aromatic carbocycles. The lowest BCUT2D eigenvalue weighted by molar-refractivity contribution is 0.0928. The van der Waals surface area contributed by atoms with Crippen molar-refractivity contribution >= 4 is 38.7 Å². The summed E-state index contributed by atoms with van der Waals surface area (Å²) in [5.41, 5.74) is -0.700. The lowest BCUT2D eigenvalue weighted by atomic mass is 10.3. The summed E-state index contributed by atoms with van der Waals surface area (Å²) in [5.74, 6) is 0.568. The van der Waals surface area contributed by atoms with Crippen molar-refractivity contribution in [3.8, 4) is 5.75 Å². The van der Waals surface area contributed by atoms with Crippen molar-refractivity contribution in [3.63, 3.8) is 0 Å². The van der Waals surface area contributed by atoms with E-state index in [1.807, 2.05) is 0 Å². The van der Waals surface area contributed by atoms with E-state index < -0.39 is 17.4 Å². The van der Waals surface area contributed by atoms with E-state index in [4.69, 9.17) is 16.3 Å². The van der Waals surface area contributed by atoms with Crippen LogP contribution in [-0.2, 0) is 13.6 Å². The normalized spacial score (nSPS) is 12.5. The molecule has 0 saturated heterocycles. The number of nitrogens with one attached hydrogen (secondary N) is 1. The zero-order chi connectivity index (χ0) is 18.1. The Morgan fingerprint density at radius 3 is 2.72 bits per heavy atom. The van der Waals surface area contributed by atoms with Crippen LogP contribution in [0.25, 0.3) is 11.2 Å². The fourth-order valence-electron chi connectivity index (χ4n) is 2.36. The van der Waals surface area contributed by atoms with Crippen LogP contribution in [0.4, 0.5) is 0 Å². The number of aromatic nitrogens is 4. The van der Waals surface area contributed by atoms with Gasteiger partial charge in [0, 0.05) is 12.1 Å². The molecular weight excluding hydrogens is 416 g/mol. The molecule has 8 nitrogen and oxygen atoms in total. The van der Waals surface area contributed by atoms with Crippen LogP contribution >= 0.6 is 27.5 Å². The minimum atomic E-state index is -0.902. The Hall–Kier alpha value is -2.10. The molecular formula is C15H14BrClN4O4. The minimum Gasteiger partial charge on any atom is -0.491 e. The number of aliphatic hydroxyl groups excluding tert-OH is 1. The topological polar surface area (TPSA) is 102 Å². The van der Waals surface area contributed by atoms with Crippen LogP contribution in [0.2, 0.25) is 5.02 Å². The first kappa shape index (κ1) is 17.7. The minimum absolute atomic E-state index is 0.0113. The van der Waals surface area contributed by atoms with E-state index in [9.17, 15) is 14.7 Å². The number of aliphatic hydroxyl groups is 1. The predicted molar refractivity (Wildman–Crippen MR) is 96.2 cm³/mol. The summed E-state index contributed by atoms with van der Waals surface area (Å²) in [4.78, 5) is 30.1. The summed E-state index contributed by atoms with van der Waals surface area (Å²) in [6, 6.07) is 6.75. The van der Waals surface area contributed by atoms with E-state index in [-0.39, 0.29) is 24.3 Å². The summed E-state index contributed by atoms with van der Waals surface area (Å²) in [5, 5.41) is 10.8. The van der Waals surface area contributed by atoms with Gasteiger partial charge in [-0.25, -0.2) is 9.78 Å². The van der Waals surface area contributed by atoms with E-state index in [0.717, 1.165) is 0 Å². The highest BCUT2D eigenvalue weighted by molar-refractivity contribution is 9.10. The van der Waals surface area contributed by atoms with Gasteiger partial charge < -0.3 is 14.4 Å². The maximum atomic E-state index is 12.1. The summed E-state index contributed by atoms with van der Waals surface area (Å²) in [6.07, 6.45) is -0.902. The predicted octanol–water partition coefficient (Wildman–Crippen LogP) is 1.28. The quantitative estimate of drug-likeness (QED) is 0.595.